The van der Waals surface area contributed by atoms with Crippen LogP contribution in [0.4, 0.5) is 0 Å². The Morgan fingerprint density at radius 3 is 2.83 bits per heavy atom. The summed E-state index contributed by atoms with van der Waals surface area (Å²) in [6.07, 6.45) is 1.68. The second kappa shape index (κ2) is 6.69. The maximum absolute atomic E-state index is 10.9. The number of hydrogen-bond acceptors (Lipinski definition) is 5. The van der Waals surface area contributed by atoms with Crippen LogP contribution in [-0.4, -0.2) is 41.3 Å². The molecule has 2 aromatic heterocycles. The first-order valence-corrected chi connectivity index (χ1v) is 9.13. The van der Waals surface area contributed by atoms with Gasteiger partial charge in [-0.15, -0.1) is 11.3 Å². The monoisotopic (exact) mass is 360 g/mol. The van der Waals surface area contributed by atoms with E-state index in [4.69, 9.17) is 16.3 Å². The number of benzene rings is 1. The molecule has 1 N–H and O–H groups in total. The molecule has 0 amide bonds. The molecule has 1 aliphatic heterocycles. The fourth-order valence-electron chi connectivity index (χ4n) is 3.23. The Labute approximate surface area is 149 Å². The average Bonchev–Trinajstić information content (AvgIpc) is 3.15. The van der Waals surface area contributed by atoms with Crippen molar-refractivity contribution in [2.75, 3.05) is 26.3 Å². The molecule has 4 rings (SSSR count). The lowest BCUT2D eigenvalue weighted by molar-refractivity contribution is 0.0242. The number of nitrogens with zero attached hydrogens (tertiary/aromatic N) is 2. The zero-order valence-corrected chi connectivity index (χ0v) is 14.6. The average molecular weight is 361 g/mol. The summed E-state index contributed by atoms with van der Waals surface area (Å²) < 4.78 is 5.49. The van der Waals surface area contributed by atoms with Crippen molar-refractivity contribution in [1.29, 1.82) is 0 Å². The predicted octanol–water partition coefficient (Wildman–Crippen LogP) is 4.08. The molecule has 6 heteroatoms. The summed E-state index contributed by atoms with van der Waals surface area (Å²) in [4.78, 5) is 7.84. The first-order valence-electron chi connectivity index (χ1n) is 7.87. The zero-order valence-electron chi connectivity index (χ0n) is 13.0. The van der Waals surface area contributed by atoms with Crippen molar-refractivity contribution >= 4 is 33.8 Å². The highest BCUT2D eigenvalue weighted by molar-refractivity contribution is 7.10. The Morgan fingerprint density at radius 1 is 1.25 bits per heavy atom. The van der Waals surface area contributed by atoms with Crippen LogP contribution in [0, 0.1) is 0 Å². The topological polar surface area (TPSA) is 45.6 Å². The number of aromatic nitrogens is 1. The molecule has 1 fully saturated rings. The SMILES string of the molecule is Oc1c(C(c2cccs2)N2CCOCC2)cc(Cl)c2cccnc12. The Kier molecular flexibility index (Phi) is 4.41. The lowest BCUT2D eigenvalue weighted by Gasteiger charge is -2.34. The van der Waals surface area contributed by atoms with Gasteiger partial charge in [0.1, 0.15) is 11.3 Å². The van der Waals surface area contributed by atoms with Crippen molar-refractivity contribution in [1.82, 2.24) is 9.88 Å². The standard InChI is InChI=1S/C18H17ClN2O2S/c19-14-11-13(18(22)16-12(14)3-1-5-20-16)17(15-4-2-10-24-15)21-6-8-23-9-7-21/h1-5,10-11,17,22H,6-9H2. The van der Waals surface area contributed by atoms with Crippen molar-refractivity contribution < 1.29 is 9.84 Å². The van der Waals surface area contributed by atoms with Crippen LogP contribution in [0.15, 0.2) is 41.9 Å². The first-order chi connectivity index (χ1) is 11.8. The number of aromatic hydroxyl groups is 1. The van der Waals surface area contributed by atoms with E-state index in [-0.39, 0.29) is 11.8 Å². The summed E-state index contributed by atoms with van der Waals surface area (Å²) in [6.45, 7) is 3.03. The third kappa shape index (κ3) is 2.78. The number of pyridine rings is 1. The minimum atomic E-state index is -0.0437. The van der Waals surface area contributed by atoms with E-state index in [0.717, 1.165) is 24.0 Å². The summed E-state index contributed by atoms with van der Waals surface area (Å²) in [5.74, 6) is 0.208. The minimum Gasteiger partial charge on any atom is -0.505 e. The van der Waals surface area contributed by atoms with E-state index in [0.29, 0.717) is 23.8 Å². The van der Waals surface area contributed by atoms with Gasteiger partial charge in [0.15, 0.2) is 0 Å². The van der Waals surface area contributed by atoms with Crippen molar-refractivity contribution in [3.05, 3.63) is 57.4 Å². The van der Waals surface area contributed by atoms with Gasteiger partial charge in [-0.25, -0.2) is 0 Å². The minimum absolute atomic E-state index is 0.0437. The molecule has 1 aromatic carbocycles. The molecule has 3 heterocycles. The highest BCUT2D eigenvalue weighted by atomic mass is 35.5. The molecule has 1 unspecified atom stereocenters. The largest absolute Gasteiger partial charge is 0.505 e. The lowest BCUT2D eigenvalue weighted by Crippen LogP contribution is -2.39. The molecule has 1 aliphatic rings. The van der Waals surface area contributed by atoms with Gasteiger partial charge in [-0.1, -0.05) is 17.7 Å². The van der Waals surface area contributed by atoms with Crippen molar-refractivity contribution in [3.8, 4) is 5.75 Å². The highest BCUT2D eigenvalue weighted by Crippen LogP contribution is 2.42. The first kappa shape index (κ1) is 15.8. The van der Waals surface area contributed by atoms with Crippen LogP contribution in [0.2, 0.25) is 5.02 Å². The van der Waals surface area contributed by atoms with Gasteiger partial charge in [-0.3, -0.25) is 9.88 Å². The number of thiophene rings is 1. The Balaban J connectivity index is 1.89. The van der Waals surface area contributed by atoms with E-state index in [9.17, 15) is 5.11 Å². The molecular formula is C18H17ClN2O2S. The van der Waals surface area contributed by atoms with E-state index in [1.807, 2.05) is 24.3 Å². The third-order valence-corrected chi connectivity index (χ3v) is 5.60. The van der Waals surface area contributed by atoms with E-state index < -0.39 is 0 Å². The number of hydrogen-bond donors (Lipinski definition) is 1. The molecule has 0 saturated carbocycles. The van der Waals surface area contributed by atoms with E-state index in [1.165, 1.54) is 4.88 Å². The van der Waals surface area contributed by atoms with E-state index in [1.54, 1.807) is 17.5 Å². The lowest BCUT2D eigenvalue weighted by atomic mass is 9.99. The molecule has 0 spiro atoms. The Bertz CT molecular complexity index is 848. The van der Waals surface area contributed by atoms with Gasteiger partial charge >= 0.3 is 0 Å². The van der Waals surface area contributed by atoms with E-state index >= 15 is 0 Å². The van der Waals surface area contributed by atoms with E-state index in [2.05, 4.69) is 21.3 Å². The number of halogens is 1. The smallest absolute Gasteiger partial charge is 0.147 e. The number of phenols is 1. The van der Waals surface area contributed by atoms with Gasteiger partial charge in [0, 0.05) is 35.1 Å². The molecule has 0 radical (unpaired) electrons. The summed E-state index contributed by atoms with van der Waals surface area (Å²) in [7, 11) is 0. The summed E-state index contributed by atoms with van der Waals surface area (Å²) in [5.41, 5.74) is 1.35. The van der Waals surface area contributed by atoms with Gasteiger partial charge < -0.3 is 9.84 Å². The molecule has 4 nitrogen and oxygen atoms in total. The fourth-order valence-corrected chi connectivity index (χ4v) is 4.37. The molecule has 1 atom stereocenters. The second-order valence-corrected chi connectivity index (χ2v) is 7.15. The van der Waals surface area contributed by atoms with Crippen molar-refractivity contribution in [2.24, 2.45) is 0 Å². The second-order valence-electron chi connectivity index (χ2n) is 5.76. The number of phenolic OH excluding ortho intramolecular Hbond substituents is 1. The fraction of sp³-hybridized carbons (Fsp3) is 0.278. The number of rotatable bonds is 3. The van der Waals surface area contributed by atoms with Crippen LogP contribution in [0.3, 0.4) is 0 Å². The molecule has 0 aliphatic carbocycles. The zero-order chi connectivity index (χ0) is 16.5. The van der Waals surface area contributed by atoms with Gasteiger partial charge in [0.05, 0.1) is 24.3 Å². The summed E-state index contributed by atoms with van der Waals surface area (Å²) in [6, 6.07) is 9.67. The van der Waals surface area contributed by atoms with Crippen LogP contribution >= 0.6 is 22.9 Å². The molecule has 24 heavy (non-hydrogen) atoms. The molecular weight excluding hydrogens is 344 g/mol. The Morgan fingerprint density at radius 2 is 2.08 bits per heavy atom. The van der Waals surface area contributed by atoms with Crippen LogP contribution in [-0.2, 0) is 4.74 Å². The van der Waals surface area contributed by atoms with Crippen LogP contribution < -0.4 is 0 Å². The third-order valence-electron chi connectivity index (χ3n) is 4.36. The molecule has 3 aromatic rings. The van der Waals surface area contributed by atoms with Gasteiger partial charge in [-0.05, 0) is 29.6 Å². The van der Waals surface area contributed by atoms with Crippen molar-refractivity contribution in [2.45, 2.75) is 6.04 Å². The maximum Gasteiger partial charge on any atom is 0.147 e. The Hall–Kier alpha value is -1.66. The summed E-state index contributed by atoms with van der Waals surface area (Å²) in [5, 5.41) is 14.3. The molecule has 124 valence electrons. The summed E-state index contributed by atoms with van der Waals surface area (Å²) >= 11 is 8.17. The van der Waals surface area contributed by atoms with Crippen molar-refractivity contribution in [3.63, 3.8) is 0 Å². The number of fused-ring (bicyclic) bond motifs is 1. The normalized spacial score (nSPS) is 17.2. The quantitative estimate of drug-likeness (QED) is 0.764. The predicted molar refractivity (Wildman–Crippen MR) is 97.0 cm³/mol. The van der Waals surface area contributed by atoms with Crippen LogP contribution in [0.1, 0.15) is 16.5 Å². The molecule has 1 saturated heterocycles. The van der Waals surface area contributed by atoms with Crippen LogP contribution in [0.5, 0.6) is 5.75 Å². The van der Waals surface area contributed by atoms with Gasteiger partial charge in [-0.2, -0.15) is 0 Å². The molecule has 0 bridgehead atoms. The van der Waals surface area contributed by atoms with Crippen LogP contribution in [0.25, 0.3) is 10.9 Å². The van der Waals surface area contributed by atoms with Gasteiger partial charge in [0.25, 0.3) is 0 Å². The number of morpholine rings is 1. The van der Waals surface area contributed by atoms with Gasteiger partial charge in [0.2, 0.25) is 0 Å². The maximum atomic E-state index is 10.9. The highest BCUT2D eigenvalue weighted by Gasteiger charge is 2.29. The number of ether oxygens (including phenoxy) is 1.